The van der Waals surface area contributed by atoms with Gasteiger partial charge in [0.15, 0.2) is 5.65 Å². The molecule has 2 rings (SSSR count). The molecule has 0 aliphatic rings. The Balaban J connectivity index is 2.02. The Morgan fingerprint density at radius 2 is 2.06 bits per heavy atom. The highest BCUT2D eigenvalue weighted by Crippen LogP contribution is 2.18. The minimum Gasteiger partial charge on any atom is -0.369 e. The zero-order chi connectivity index (χ0) is 12.8. The van der Waals surface area contributed by atoms with Crippen LogP contribution in [0.25, 0.3) is 11.0 Å². The molecule has 0 spiro atoms. The van der Waals surface area contributed by atoms with Crippen LogP contribution >= 0.6 is 0 Å². The van der Waals surface area contributed by atoms with Crippen molar-refractivity contribution in [1.29, 1.82) is 0 Å². The maximum atomic E-state index is 4.30. The van der Waals surface area contributed by atoms with Crippen LogP contribution in [0.3, 0.4) is 0 Å². The van der Waals surface area contributed by atoms with E-state index in [4.69, 9.17) is 0 Å². The number of fused-ring (bicyclic) bond motifs is 1. The number of aromatic nitrogens is 4. The number of unbranched alkanes of at least 4 members (excludes halogenated alkanes) is 1. The van der Waals surface area contributed by atoms with E-state index in [0.717, 1.165) is 49.3 Å². The zero-order valence-electron chi connectivity index (χ0n) is 11.0. The van der Waals surface area contributed by atoms with E-state index < -0.39 is 0 Å². The van der Waals surface area contributed by atoms with Crippen LogP contribution in [0, 0.1) is 0 Å². The lowest BCUT2D eigenvalue weighted by molar-refractivity contribution is 0.676. The average Bonchev–Trinajstić information content (AvgIpc) is 2.82. The summed E-state index contributed by atoms with van der Waals surface area (Å²) in [6.07, 6.45) is 5.70. The van der Waals surface area contributed by atoms with Gasteiger partial charge < -0.3 is 10.6 Å². The third-order valence-electron chi connectivity index (χ3n) is 2.88. The monoisotopic (exact) mass is 248 g/mol. The van der Waals surface area contributed by atoms with E-state index in [2.05, 4.69) is 32.6 Å². The molecule has 0 aliphatic heterocycles. The molecular formula is C12H20N6. The van der Waals surface area contributed by atoms with Crippen molar-refractivity contribution in [2.45, 2.75) is 26.3 Å². The Hall–Kier alpha value is -1.69. The molecular weight excluding hydrogens is 228 g/mol. The molecule has 18 heavy (non-hydrogen) atoms. The number of hydrogen-bond acceptors (Lipinski definition) is 5. The first-order valence-electron chi connectivity index (χ1n) is 6.41. The van der Waals surface area contributed by atoms with Gasteiger partial charge in [-0.1, -0.05) is 0 Å². The molecule has 0 saturated heterocycles. The lowest BCUT2D eigenvalue weighted by atomic mass is 10.3. The molecule has 2 heterocycles. The Bertz CT molecular complexity index is 492. The third kappa shape index (κ3) is 2.76. The van der Waals surface area contributed by atoms with Crippen LogP contribution in [-0.4, -0.2) is 39.9 Å². The smallest absolute Gasteiger partial charge is 0.163 e. The minimum atomic E-state index is 0.822. The van der Waals surface area contributed by atoms with Crippen molar-refractivity contribution in [3.8, 4) is 0 Å². The van der Waals surface area contributed by atoms with Crippen molar-refractivity contribution in [3.05, 3.63) is 12.5 Å². The van der Waals surface area contributed by atoms with Gasteiger partial charge in [0.1, 0.15) is 12.1 Å². The van der Waals surface area contributed by atoms with E-state index in [0.29, 0.717) is 0 Å². The molecule has 0 saturated carbocycles. The van der Waals surface area contributed by atoms with E-state index in [9.17, 15) is 0 Å². The van der Waals surface area contributed by atoms with E-state index in [1.165, 1.54) is 0 Å². The van der Waals surface area contributed by atoms with Crippen LogP contribution in [-0.2, 0) is 6.54 Å². The zero-order valence-corrected chi connectivity index (χ0v) is 11.0. The van der Waals surface area contributed by atoms with Crippen LogP contribution in [0.15, 0.2) is 12.5 Å². The van der Waals surface area contributed by atoms with Gasteiger partial charge in [0.2, 0.25) is 0 Å². The Labute approximate surface area is 107 Å². The molecule has 2 N–H and O–H groups in total. The molecule has 0 radical (unpaired) electrons. The summed E-state index contributed by atoms with van der Waals surface area (Å²) in [6, 6.07) is 0. The van der Waals surface area contributed by atoms with Crippen LogP contribution in [0.5, 0.6) is 0 Å². The van der Waals surface area contributed by atoms with Crippen LogP contribution in [0.2, 0.25) is 0 Å². The van der Waals surface area contributed by atoms with Gasteiger partial charge in [0, 0.05) is 13.1 Å². The van der Waals surface area contributed by atoms with E-state index in [-0.39, 0.29) is 0 Å². The summed E-state index contributed by atoms with van der Waals surface area (Å²) in [5, 5.41) is 11.8. The van der Waals surface area contributed by atoms with Crippen molar-refractivity contribution in [1.82, 2.24) is 25.1 Å². The first-order chi connectivity index (χ1) is 8.86. The van der Waals surface area contributed by atoms with Crippen molar-refractivity contribution in [2.24, 2.45) is 0 Å². The van der Waals surface area contributed by atoms with Crippen LogP contribution in [0.4, 0.5) is 5.82 Å². The maximum Gasteiger partial charge on any atom is 0.163 e. The normalized spacial score (nSPS) is 11.0. The number of nitrogens with zero attached hydrogens (tertiary/aromatic N) is 4. The third-order valence-corrected chi connectivity index (χ3v) is 2.88. The highest BCUT2D eigenvalue weighted by Gasteiger charge is 2.07. The van der Waals surface area contributed by atoms with Crippen molar-refractivity contribution in [3.63, 3.8) is 0 Å². The summed E-state index contributed by atoms with van der Waals surface area (Å²) in [6.45, 7) is 4.85. The summed E-state index contributed by atoms with van der Waals surface area (Å²) in [5.74, 6) is 0.879. The maximum absolute atomic E-state index is 4.30. The van der Waals surface area contributed by atoms with Gasteiger partial charge in [-0.25, -0.2) is 14.6 Å². The number of anilines is 1. The number of aryl methyl sites for hydroxylation is 1. The number of nitrogens with one attached hydrogen (secondary N) is 2. The SMILES string of the molecule is CCn1ncc2c(NCCCCNC)ncnc21. The molecule has 0 aliphatic carbocycles. The predicted molar refractivity (Wildman–Crippen MR) is 72.6 cm³/mol. The van der Waals surface area contributed by atoms with Gasteiger partial charge in [-0.05, 0) is 33.4 Å². The molecule has 6 heteroatoms. The Morgan fingerprint density at radius 3 is 2.83 bits per heavy atom. The van der Waals surface area contributed by atoms with Gasteiger partial charge in [0.25, 0.3) is 0 Å². The van der Waals surface area contributed by atoms with E-state index in [1.807, 2.05) is 17.9 Å². The van der Waals surface area contributed by atoms with Gasteiger partial charge in [-0.3, -0.25) is 0 Å². The van der Waals surface area contributed by atoms with Crippen LogP contribution < -0.4 is 10.6 Å². The first kappa shape index (κ1) is 12.8. The summed E-state index contributed by atoms with van der Waals surface area (Å²) >= 11 is 0. The Morgan fingerprint density at radius 1 is 1.22 bits per heavy atom. The first-order valence-corrected chi connectivity index (χ1v) is 6.41. The molecule has 2 aromatic heterocycles. The van der Waals surface area contributed by atoms with Crippen molar-refractivity contribution in [2.75, 3.05) is 25.5 Å². The second-order valence-corrected chi connectivity index (χ2v) is 4.16. The molecule has 0 atom stereocenters. The van der Waals surface area contributed by atoms with Gasteiger partial charge >= 0.3 is 0 Å². The standard InChI is InChI=1S/C12H20N6/c1-3-18-12-10(8-17-18)11(15-9-16-12)14-7-5-4-6-13-2/h8-9,13H,3-7H2,1-2H3,(H,14,15,16). The highest BCUT2D eigenvalue weighted by atomic mass is 15.3. The van der Waals surface area contributed by atoms with E-state index >= 15 is 0 Å². The minimum absolute atomic E-state index is 0.822. The Kier molecular flexibility index (Phi) is 4.46. The average molecular weight is 248 g/mol. The quantitative estimate of drug-likeness (QED) is 0.722. The lowest BCUT2D eigenvalue weighted by Crippen LogP contribution is -2.10. The van der Waals surface area contributed by atoms with Gasteiger partial charge in [0.05, 0.1) is 11.6 Å². The van der Waals surface area contributed by atoms with Gasteiger partial charge in [-0.2, -0.15) is 5.10 Å². The van der Waals surface area contributed by atoms with Crippen molar-refractivity contribution >= 4 is 16.9 Å². The van der Waals surface area contributed by atoms with E-state index in [1.54, 1.807) is 6.33 Å². The van der Waals surface area contributed by atoms with Gasteiger partial charge in [-0.15, -0.1) is 0 Å². The van der Waals surface area contributed by atoms with Crippen LogP contribution in [0.1, 0.15) is 19.8 Å². The lowest BCUT2D eigenvalue weighted by Gasteiger charge is -2.06. The fraction of sp³-hybridized carbons (Fsp3) is 0.583. The fourth-order valence-corrected chi connectivity index (χ4v) is 1.90. The molecule has 0 unspecified atom stereocenters. The summed E-state index contributed by atoms with van der Waals surface area (Å²) < 4.78 is 1.88. The predicted octanol–water partition coefficient (Wildman–Crippen LogP) is 1.26. The number of hydrogen-bond donors (Lipinski definition) is 2. The largest absolute Gasteiger partial charge is 0.369 e. The summed E-state index contributed by atoms with van der Waals surface area (Å²) in [5.41, 5.74) is 0.894. The molecule has 2 aromatic rings. The second-order valence-electron chi connectivity index (χ2n) is 4.16. The molecule has 0 aromatic carbocycles. The molecule has 0 bridgehead atoms. The number of rotatable bonds is 7. The second kappa shape index (κ2) is 6.30. The molecule has 6 nitrogen and oxygen atoms in total. The highest BCUT2D eigenvalue weighted by molar-refractivity contribution is 5.85. The van der Waals surface area contributed by atoms with Crippen molar-refractivity contribution < 1.29 is 0 Å². The topological polar surface area (TPSA) is 67.7 Å². The molecule has 0 amide bonds. The fourth-order valence-electron chi connectivity index (χ4n) is 1.90. The molecule has 98 valence electrons. The molecule has 0 fully saturated rings. The summed E-state index contributed by atoms with van der Waals surface area (Å²) in [7, 11) is 1.97. The summed E-state index contributed by atoms with van der Waals surface area (Å²) in [4.78, 5) is 8.55.